The van der Waals surface area contributed by atoms with Crippen LogP contribution in [0, 0.1) is 5.92 Å². The minimum absolute atomic E-state index is 0. The molecule has 7 N–H and O–H groups in total. The van der Waals surface area contributed by atoms with Gasteiger partial charge in [0, 0.05) is 25.1 Å². The molecule has 0 radical (unpaired) electrons. The van der Waals surface area contributed by atoms with Crippen molar-refractivity contribution >= 4 is 45.7 Å². The van der Waals surface area contributed by atoms with Crippen LogP contribution in [-0.2, 0) is 0 Å². The van der Waals surface area contributed by atoms with Gasteiger partial charge in [-0.25, -0.2) is 4.98 Å². The Morgan fingerprint density at radius 3 is 2.67 bits per heavy atom. The molecule has 5 rings (SSSR count). The van der Waals surface area contributed by atoms with Crippen molar-refractivity contribution in [3.63, 3.8) is 0 Å². The molecule has 0 bridgehead atoms. The summed E-state index contributed by atoms with van der Waals surface area (Å²) in [5.41, 5.74) is 0.728. The van der Waals surface area contributed by atoms with Gasteiger partial charge in [-0.15, -0.1) is 23.7 Å². The van der Waals surface area contributed by atoms with Gasteiger partial charge in [0.2, 0.25) is 5.95 Å². The molecule has 1 aliphatic heterocycles. The Morgan fingerprint density at radius 2 is 1.97 bits per heavy atom. The molecule has 2 aromatic heterocycles. The van der Waals surface area contributed by atoms with Crippen LogP contribution in [0.1, 0.15) is 12.8 Å². The third-order valence-electron chi connectivity index (χ3n) is 6.19. The average molecular weight is 495 g/mol. The van der Waals surface area contributed by atoms with Gasteiger partial charge in [-0.2, -0.15) is 4.98 Å². The molecular weight excluding hydrogens is 468 g/mol. The molecule has 1 aliphatic carbocycles. The summed E-state index contributed by atoms with van der Waals surface area (Å²) in [6.07, 6.45) is -0.876. The van der Waals surface area contributed by atoms with Crippen molar-refractivity contribution in [2.75, 3.05) is 30.3 Å². The minimum Gasteiger partial charge on any atom is -0.396 e. The molecule has 3 aromatic rings. The molecule has 0 spiro atoms. The largest absolute Gasteiger partial charge is 0.396 e. The molecule has 0 amide bonds. The van der Waals surface area contributed by atoms with E-state index >= 15 is 0 Å². The van der Waals surface area contributed by atoms with E-state index in [0.717, 1.165) is 29.7 Å². The molecule has 10 nitrogen and oxygen atoms in total. The van der Waals surface area contributed by atoms with Crippen molar-refractivity contribution in [3.05, 3.63) is 34.6 Å². The monoisotopic (exact) mass is 494 g/mol. The maximum atomic E-state index is 13.2. The van der Waals surface area contributed by atoms with Crippen molar-refractivity contribution < 1.29 is 15.3 Å². The average Bonchev–Trinajstić information content (AvgIpc) is 3.49. The highest BCUT2D eigenvalue weighted by Gasteiger charge is 2.41. The summed E-state index contributed by atoms with van der Waals surface area (Å²) in [5.74, 6) is 0.177. The predicted molar refractivity (Wildman–Crippen MR) is 130 cm³/mol. The molecular formula is C21H27ClN6O4S. The maximum absolute atomic E-state index is 13.2. The second-order valence-electron chi connectivity index (χ2n) is 8.37. The number of H-pyrrole nitrogens is 1. The zero-order chi connectivity index (χ0) is 22.2. The van der Waals surface area contributed by atoms with E-state index in [1.165, 1.54) is 11.3 Å². The van der Waals surface area contributed by atoms with E-state index in [0.29, 0.717) is 17.4 Å². The van der Waals surface area contributed by atoms with Crippen LogP contribution in [0.5, 0.6) is 0 Å². The van der Waals surface area contributed by atoms with Gasteiger partial charge in [0.15, 0.2) is 0 Å². The second kappa shape index (κ2) is 9.92. The maximum Gasteiger partial charge on any atom is 0.264 e. The van der Waals surface area contributed by atoms with E-state index in [9.17, 15) is 20.1 Å². The smallest absolute Gasteiger partial charge is 0.264 e. The number of nitrogens with one attached hydrogen (secondary N) is 4. The van der Waals surface area contributed by atoms with Crippen molar-refractivity contribution in [3.8, 4) is 10.6 Å². The highest BCUT2D eigenvalue weighted by molar-refractivity contribution is 7.21. The fraction of sp³-hybridized carbons (Fsp3) is 0.476. The molecule has 5 atom stereocenters. The van der Waals surface area contributed by atoms with Gasteiger partial charge in [-0.05, 0) is 31.5 Å². The molecule has 3 heterocycles. The molecule has 2 fully saturated rings. The Morgan fingerprint density at radius 1 is 1.15 bits per heavy atom. The molecule has 33 heavy (non-hydrogen) atoms. The molecule has 178 valence electrons. The van der Waals surface area contributed by atoms with Crippen molar-refractivity contribution in [2.45, 2.75) is 37.1 Å². The van der Waals surface area contributed by atoms with Gasteiger partial charge in [0.05, 0.1) is 22.4 Å². The van der Waals surface area contributed by atoms with Crippen molar-refractivity contribution in [2.24, 2.45) is 5.92 Å². The number of halogens is 1. The third-order valence-corrected chi connectivity index (χ3v) is 7.24. The normalized spacial score (nSPS) is 26.9. The first-order chi connectivity index (χ1) is 15.5. The fourth-order valence-corrected chi connectivity index (χ4v) is 5.43. The summed E-state index contributed by atoms with van der Waals surface area (Å²) in [5, 5.41) is 40.4. The van der Waals surface area contributed by atoms with E-state index in [-0.39, 0.29) is 42.0 Å². The zero-order valence-corrected chi connectivity index (χ0v) is 19.3. The SMILES string of the molecule is Cl.O=c1[nH]c(NC2CCNC2)nc(N[C@@H]2C[C@H](CO)[C@@H](O)[C@H]2O)c1-c1nc2ccccc2s1. The molecule has 1 saturated heterocycles. The number of hydrogen-bond donors (Lipinski definition) is 7. The molecule has 1 unspecified atom stereocenters. The van der Waals surface area contributed by atoms with E-state index in [2.05, 4.69) is 30.9 Å². The van der Waals surface area contributed by atoms with Crippen LogP contribution in [-0.4, -0.2) is 74.3 Å². The Balaban J connectivity index is 0.00000259. The lowest BCUT2D eigenvalue weighted by Crippen LogP contribution is -2.36. The number of thiazole rings is 1. The Bertz CT molecular complexity index is 1130. The summed E-state index contributed by atoms with van der Waals surface area (Å²) < 4.78 is 0.948. The van der Waals surface area contributed by atoms with Gasteiger partial charge in [0.25, 0.3) is 5.56 Å². The van der Waals surface area contributed by atoms with E-state index < -0.39 is 24.2 Å². The Hall–Kier alpha value is -2.28. The van der Waals surface area contributed by atoms with Gasteiger partial charge >= 0.3 is 0 Å². The van der Waals surface area contributed by atoms with E-state index in [1.807, 2.05) is 24.3 Å². The lowest BCUT2D eigenvalue weighted by Gasteiger charge is -2.21. The van der Waals surface area contributed by atoms with Gasteiger partial charge in [0.1, 0.15) is 22.5 Å². The minimum atomic E-state index is -1.09. The second-order valence-corrected chi connectivity index (χ2v) is 9.40. The number of benzene rings is 1. The summed E-state index contributed by atoms with van der Waals surface area (Å²) in [7, 11) is 0. The first-order valence-corrected chi connectivity index (χ1v) is 11.6. The van der Waals surface area contributed by atoms with E-state index in [4.69, 9.17) is 0 Å². The summed E-state index contributed by atoms with van der Waals surface area (Å²) in [4.78, 5) is 25.2. The Kier molecular flexibility index (Phi) is 7.17. The number of anilines is 2. The predicted octanol–water partition coefficient (Wildman–Crippen LogP) is 0.757. The number of aromatic amines is 1. The molecule has 12 heteroatoms. The molecule has 1 saturated carbocycles. The first kappa shape index (κ1) is 23.9. The standard InChI is InChI=1S/C21H26N6O4S.ClH/c28-9-10-7-13(17(30)16(10)29)24-18-15(20-25-12-3-1-2-4-14(12)32-20)19(31)27-21(26-18)23-11-5-6-22-8-11;/h1-4,10-11,13,16-17,22,28-30H,5-9H2,(H3,23,24,26,27,31);1H/t10-,11?,13-,16-,17+;/m1./s1. The topological polar surface area (TPSA) is 155 Å². The number of fused-ring (bicyclic) bond motifs is 1. The summed E-state index contributed by atoms with van der Waals surface area (Å²) in [6, 6.07) is 7.22. The summed E-state index contributed by atoms with van der Waals surface area (Å²) in [6.45, 7) is 1.44. The van der Waals surface area contributed by atoms with Crippen molar-refractivity contribution in [1.82, 2.24) is 20.3 Å². The van der Waals surface area contributed by atoms with Crippen LogP contribution < -0.4 is 21.5 Å². The van der Waals surface area contributed by atoms with Gasteiger partial charge in [-0.3, -0.25) is 9.78 Å². The van der Waals surface area contributed by atoms with Crippen molar-refractivity contribution in [1.29, 1.82) is 0 Å². The van der Waals surface area contributed by atoms with Gasteiger partial charge < -0.3 is 31.3 Å². The summed E-state index contributed by atoms with van der Waals surface area (Å²) >= 11 is 1.39. The highest BCUT2D eigenvalue weighted by Crippen LogP contribution is 2.34. The number of rotatable bonds is 6. The van der Waals surface area contributed by atoms with Crippen LogP contribution in [0.4, 0.5) is 11.8 Å². The molecule has 2 aliphatic rings. The number of aliphatic hydroxyl groups excluding tert-OH is 3. The van der Waals surface area contributed by atoms with Crippen LogP contribution >= 0.6 is 23.7 Å². The number of nitrogens with zero attached hydrogens (tertiary/aromatic N) is 2. The number of hydrogen-bond acceptors (Lipinski definition) is 10. The highest BCUT2D eigenvalue weighted by atomic mass is 35.5. The lowest BCUT2D eigenvalue weighted by molar-refractivity contribution is 0.00446. The number of aliphatic hydroxyl groups is 3. The first-order valence-electron chi connectivity index (χ1n) is 10.7. The van der Waals surface area contributed by atoms with Crippen LogP contribution in [0.15, 0.2) is 29.1 Å². The third kappa shape index (κ3) is 4.70. The quantitative estimate of drug-likeness (QED) is 0.263. The molecule has 1 aromatic carbocycles. The van der Waals surface area contributed by atoms with Gasteiger partial charge in [-0.1, -0.05) is 12.1 Å². The van der Waals surface area contributed by atoms with Crippen LogP contribution in [0.3, 0.4) is 0 Å². The zero-order valence-electron chi connectivity index (χ0n) is 17.7. The lowest BCUT2D eigenvalue weighted by atomic mass is 10.1. The number of aromatic nitrogens is 3. The Labute approximate surface area is 199 Å². The van der Waals surface area contributed by atoms with Crippen LogP contribution in [0.25, 0.3) is 20.8 Å². The fourth-order valence-electron chi connectivity index (χ4n) is 4.42. The van der Waals surface area contributed by atoms with Crippen LogP contribution in [0.2, 0.25) is 0 Å². The number of para-hydroxylation sites is 1. The van der Waals surface area contributed by atoms with E-state index in [1.54, 1.807) is 0 Å².